The van der Waals surface area contributed by atoms with Crippen LogP contribution in [0, 0.1) is 5.92 Å². The van der Waals surface area contributed by atoms with Crippen molar-refractivity contribution in [3.05, 3.63) is 78.1 Å². The maximum Gasteiger partial charge on any atom is 0.255 e. The third-order valence-electron chi connectivity index (χ3n) is 4.61. The van der Waals surface area contributed by atoms with Crippen LogP contribution in [-0.2, 0) is 16.0 Å². The first kappa shape index (κ1) is 25.8. The van der Waals surface area contributed by atoms with Gasteiger partial charge in [-0.15, -0.1) is 0 Å². The molecule has 1 aliphatic rings. The van der Waals surface area contributed by atoms with Gasteiger partial charge in [-0.1, -0.05) is 19.1 Å². The summed E-state index contributed by atoms with van der Waals surface area (Å²) in [4.78, 5) is 30.9. The Morgan fingerprint density at radius 1 is 1.18 bits per heavy atom. The van der Waals surface area contributed by atoms with Crippen molar-refractivity contribution in [1.82, 2.24) is 15.3 Å². The predicted octanol–water partition coefficient (Wildman–Crippen LogP) is 4.69. The summed E-state index contributed by atoms with van der Waals surface area (Å²) < 4.78 is 5.88. The van der Waals surface area contributed by atoms with Crippen molar-refractivity contribution in [2.45, 2.75) is 52.6 Å². The normalized spacial score (nSPS) is 13.3. The monoisotopic (exact) mass is 450 g/mol. The molecule has 0 unspecified atom stereocenters. The molecule has 1 saturated carbocycles. The van der Waals surface area contributed by atoms with E-state index in [1.807, 2.05) is 32.1 Å². The molecular formula is C26H34N4O3. The summed E-state index contributed by atoms with van der Waals surface area (Å²) in [6.45, 7) is 6.09. The number of carbonyl (C=O) groups is 2. The van der Waals surface area contributed by atoms with Crippen LogP contribution in [0.25, 0.3) is 0 Å². The highest BCUT2D eigenvalue weighted by molar-refractivity contribution is 6.04. The van der Waals surface area contributed by atoms with Gasteiger partial charge in [-0.3, -0.25) is 19.6 Å². The predicted molar refractivity (Wildman–Crippen MR) is 131 cm³/mol. The van der Waals surface area contributed by atoms with Crippen LogP contribution in [0.15, 0.2) is 67.0 Å². The van der Waals surface area contributed by atoms with Crippen LogP contribution in [0.3, 0.4) is 0 Å². The van der Waals surface area contributed by atoms with E-state index in [0.717, 1.165) is 30.6 Å². The Morgan fingerprint density at radius 2 is 1.91 bits per heavy atom. The molecule has 2 amide bonds. The average molecular weight is 451 g/mol. The molecule has 2 aromatic heterocycles. The zero-order valence-corrected chi connectivity index (χ0v) is 19.9. The first-order valence-electron chi connectivity index (χ1n) is 11.3. The molecule has 0 bridgehead atoms. The van der Waals surface area contributed by atoms with Crippen LogP contribution < -0.4 is 10.6 Å². The summed E-state index contributed by atoms with van der Waals surface area (Å²) in [5, 5.41) is 5.45. The van der Waals surface area contributed by atoms with Gasteiger partial charge in [0.15, 0.2) is 0 Å². The summed E-state index contributed by atoms with van der Waals surface area (Å²) >= 11 is 0. The number of anilines is 1. The van der Waals surface area contributed by atoms with Gasteiger partial charge in [0.05, 0.1) is 18.0 Å². The van der Waals surface area contributed by atoms with Crippen molar-refractivity contribution in [3.63, 3.8) is 0 Å². The van der Waals surface area contributed by atoms with E-state index in [-0.39, 0.29) is 17.9 Å². The number of rotatable bonds is 9. The molecule has 7 nitrogen and oxygen atoms in total. The number of allylic oxidation sites excluding steroid dienone is 4. The van der Waals surface area contributed by atoms with Crippen LogP contribution >= 0.6 is 0 Å². The van der Waals surface area contributed by atoms with E-state index >= 15 is 0 Å². The fraction of sp³-hybridized carbons (Fsp3) is 0.385. The molecule has 1 aliphatic carbocycles. The van der Waals surface area contributed by atoms with Crippen molar-refractivity contribution in [1.29, 1.82) is 0 Å². The quantitative estimate of drug-likeness (QED) is 0.427. The highest BCUT2D eigenvalue weighted by atomic mass is 16.5. The van der Waals surface area contributed by atoms with Crippen molar-refractivity contribution in [2.24, 2.45) is 5.92 Å². The van der Waals surface area contributed by atoms with Crippen molar-refractivity contribution in [3.8, 4) is 0 Å². The van der Waals surface area contributed by atoms with Crippen molar-refractivity contribution < 1.29 is 14.3 Å². The summed E-state index contributed by atoms with van der Waals surface area (Å²) in [5.74, 6) is 1.25. The van der Waals surface area contributed by atoms with Gasteiger partial charge in [0.2, 0.25) is 5.91 Å². The number of hydrogen-bond acceptors (Lipinski definition) is 5. The zero-order valence-electron chi connectivity index (χ0n) is 19.9. The molecule has 7 heteroatoms. The Labute approximate surface area is 196 Å². The van der Waals surface area contributed by atoms with Crippen molar-refractivity contribution in [2.75, 3.05) is 12.4 Å². The molecule has 0 radical (unpaired) electrons. The molecule has 176 valence electrons. The first-order chi connectivity index (χ1) is 15.9. The largest absolute Gasteiger partial charge is 0.495 e. The highest BCUT2D eigenvalue weighted by Gasteiger charge is 2.28. The summed E-state index contributed by atoms with van der Waals surface area (Å²) in [7, 11) is 1.68. The minimum Gasteiger partial charge on any atom is -0.495 e. The number of amides is 2. The van der Waals surface area contributed by atoms with Crippen LogP contribution in [0.1, 0.15) is 56.0 Å². The lowest BCUT2D eigenvalue weighted by molar-refractivity contribution is -0.121. The Morgan fingerprint density at radius 3 is 2.48 bits per heavy atom. The molecular weight excluding hydrogens is 416 g/mol. The molecule has 2 heterocycles. The molecule has 0 saturated heterocycles. The van der Waals surface area contributed by atoms with Gasteiger partial charge in [-0.25, -0.2) is 0 Å². The molecule has 2 N–H and O–H groups in total. The summed E-state index contributed by atoms with van der Waals surface area (Å²) in [6, 6.07) is 5.25. The van der Waals surface area contributed by atoms with Crippen LogP contribution in [0.4, 0.5) is 5.69 Å². The Bertz CT molecular complexity index is 951. The number of nitrogens with one attached hydrogen (secondary N) is 2. The maximum atomic E-state index is 12.3. The number of aromatic nitrogens is 2. The standard InChI is InChI=1S/C21H25N3O2.C5H9NO/c1-4-5-6-7-20(26-16(2)3)13-17-12-19(15-23-14-17)24-21(25)18-8-10-22-11-9-18;1-6-5(7)4-2-3-4/h5-12,14-16H,4,13H2,1-3H3,(H,24,25);4H,2-3H2,1H3,(H,6,7)/b6-5-,20-7+;. The minimum absolute atomic E-state index is 0.0961. The van der Waals surface area contributed by atoms with Gasteiger partial charge in [0.1, 0.15) is 5.76 Å². The lowest BCUT2D eigenvalue weighted by atomic mass is 10.1. The fourth-order valence-corrected chi connectivity index (χ4v) is 2.86. The number of hydrogen-bond donors (Lipinski definition) is 2. The van der Waals surface area contributed by atoms with Crippen LogP contribution in [-0.4, -0.2) is 34.9 Å². The summed E-state index contributed by atoms with van der Waals surface area (Å²) in [5.41, 5.74) is 2.17. The average Bonchev–Trinajstić information content (AvgIpc) is 3.65. The minimum atomic E-state index is -0.188. The van der Waals surface area contributed by atoms with Gasteiger partial charge in [0, 0.05) is 43.5 Å². The van der Waals surface area contributed by atoms with E-state index in [2.05, 4.69) is 33.6 Å². The second kappa shape index (κ2) is 13.8. The molecule has 2 aromatic rings. The third kappa shape index (κ3) is 10.1. The maximum absolute atomic E-state index is 12.3. The van der Waals surface area contributed by atoms with Gasteiger partial charge < -0.3 is 15.4 Å². The van der Waals surface area contributed by atoms with E-state index in [1.54, 1.807) is 44.0 Å². The Kier molecular flexibility index (Phi) is 10.8. The first-order valence-corrected chi connectivity index (χ1v) is 11.3. The van der Waals surface area contributed by atoms with Gasteiger partial charge in [-0.05, 0) is 62.9 Å². The number of pyridine rings is 2. The van der Waals surface area contributed by atoms with E-state index in [1.165, 1.54) is 0 Å². The Hall–Kier alpha value is -3.48. The summed E-state index contributed by atoms with van der Waals surface area (Å²) in [6.07, 6.45) is 16.5. The molecule has 1 fully saturated rings. The zero-order chi connectivity index (χ0) is 24.1. The molecule has 3 rings (SSSR count). The van der Waals surface area contributed by atoms with E-state index in [9.17, 15) is 9.59 Å². The van der Waals surface area contributed by atoms with Crippen LogP contribution in [0.2, 0.25) is 0 Å². The Balaban J connectivity index is 0.000000468. The van der Waals surface area contributed by atoms with Crippen molar-refractivity contribution >= 4 is 17.5 Å². The highest BCUT2D eigenvalue weighted by Crippen LogP contribution is 2.28. The molecule has 0 spiro atoms. The van der Waals surface area contributed by atoms with Gasteiger partial charge in [-0.2, -0.15) is 0 Å². The number of nitrogens with zero attached hydrogens (tertiary/aromatic N) is 2. The lowest BCUT2D eigenvalue weighted by Crippen LogP contribution is -2.18. The van der Waals surface area contributed by atoms with Gasteiger partial charge >= 0.3 is 0 Å². The topological polar surface area (TPSA) is 93.2 Å². The number of carbonyl (C=O) groups excluding carboxylic acids is 2. The van der Waals surface area contributed by atoms with E-state index in [4.69, 9.17) is 4.74 Å². The van der Waals surface area contributed by atoms with E-state index in [0.29, 0.717) is 23.6 Å². The SMILES string of the molecule is CC/C=C\C=C(/Cc1cncc(NC(=O)c2ccncc2)c1)OC(C)C.CNC(=O)C1CC1. The van der Waals surface area contributed by atoms with Gasteiger partial charge in [0.25, 0.3) is 5.91 Å². The lowest BCUT2D eigenvalue weighted by Gasteiger charge is -2.14. The number of ether oxygens (including phenoxy) is 1. The third-order valence-corrected chi connectivity index (χ3v) is 4.61. The smallest absolute Gasteiger partial charge is 0.255 e. The molecule has 0 atom stereocenters. The van der Waals surface area contributed by atoms with E-state index < -0.39 is 0 Å². The second-order valence-corrected chi connectivity index (χ2v) is 7.97. The van der Waals surface area contributed by atoms with Crippen LogP contribution in [0.5, 0.6) is 0 Å². The molecule has 33 heavy (non-hydrogen) atoms. The molecule has 0 aromatic carbocycles. The fourth-order valence-electron chi connectivity index (χ4n) is 2.86. The second-order valence-electron chi connectivity index (χ2n) is 7.97. The molecule has 0 aliphatic heterocycles.